The van der Waals surface area contributed by atoms with Gasteiger partial charge in [0.15, 0.2) is 0 Å². The molecule has 1 heterocycles. The van der Waals surface area contributed by atoms with Crippen LogP contribution in [0.4, 0.5) is 5.69 Å². The van der Waals surface area contributed by atoms with Crippen LogP contribution in [0.1, 0.15) is 57.0 Å². The number of carbonyl (C=O) groups excluding carboxylic acids is 3. The van der Waals surface area contributed by atoms with Gasteiger partial charge >= 0.3 is 0 Å². The highest BCUT2D eigenvalue weighted by Gasteiger charge is 2.50. The van der Waals surface area contributed by atoms with E-state index in [4.69, 9.17) is 11.6 Å². The van der Waals surface area contributed by atoms with Gasteiger partial charge in [0.2, 0.25) is 11.8 Å². The Hall–Kier alpha value is -2.90. The van der Waals surface area contributed by atoms with Gasteiger partial charge in [-0.2, -0.15) is 0 Å². The predicted octanol–water partition coefficient (Wildman–Crippen LogP) is 4.20. The summed E-state index contributed by atoms with van der Waals surface area (Å²) in [6, 6.07) is 13.0. The van der Waals surface area contributed by atoms with Crippen LogP contribution in [0.5, 0.6) is 0 Å². The van der Waals surface area contributed by atoms with Crippen molar-refractivity contribution >= 4 is 35.0 Å². The molecule has 0 unspecified atom stereocenters. The van der Waals surface area contributed by atoms with Crippen LogP contribution >= 0.6 is 11.6 Å². The van der Waals surface area contributed by atoms with Crippen molar-refractivity contribution in [3.63, 3.8) is 0 Å². The Balaban J connectivity index is 1.73. The van der Waals surface area contributed by atoms with Gasteiger partial charge in [0.05, 0.1) is 5.60 Å². The van der Waals surface area contributed by atoms with Crippen LogP contribution < -0.4 is 10.6 Å². The molecule has 1 aliphatic rings. The largest absolute Gasteiger partial charge is 0.384 e. The lowest BCUT2D eigenvalue weighted by Crippen LogP contribution is -2.60. The molecular formula is C27H34ClN3O4. The topological polar surface area (TPSA) is 98.7 Å². The molecule has 0 bridgehead atoms. The predicted molar refractivity (Wildman–Crippen MR) is 137 cm³/mol. The lowest BCUT2D eigenvalue weighted by atomic mass is 9.66. The molecule has 0 saturated carbocycles. The molecule has 0 spiro atoms. The molecule has 7 nitrogen and oxygen atoms in total. The van der Waals surface area contributed by atoms with Crippen molar-refractivity contribution in [2.24, 2.45) is 11.3 Å². The molecule has 1 fully saturated rings. The number of hydrogen-bond donors (Lipinski definition) is 3. The maximum Gasteiger partial charge on any atom is 0.251 e. The quantitative estimate of drug-likeness (QED) is 0.554. The Morgan fingerprint density at radius 1 is 1.03 bits per heavy atom. The number of anilines is 1. The number of halogens is 1. The van der Waals surface area contributed by atoms with Crippen LogP contribution in [-0.2, 0) is 15.2 Å². The summed E-state index contributed by atoms with van der Waals surface area (Å²) in [6.07, 6.45) is 0.372. The van der Waals surface area contributed by atoms with Gasteiger partial charge in [-0.05, 0) is 54.3 Å². The molecule has 35 heavy (non-hydrogen) atoms. The molecule has 1 aliphatic heterocycles. The molecule has 3 amide bonds. The second-order valence-electron chi connectivity index (χ2n) is 10.2. The number of rotatable bonds is 6. The highest BCUT2D eigenvalue weighted by Crippen LogP contribution is 2.46. The van der Waals surface area contributed by atoms with E-state index in [2.05, 4.69) is 10.6 Å². The zero-order valence-corrected chi connectivity index (χ0v) is 21.6. The average Bonchev–Trinajstić information content (AvgIpc) is 2.79. The third-order valence-electron chi connectivity index (χ3n) is 6.77. The van der Waals surface area contributed by atoms with Gasteiger partial charge in [0, 0.05) is 41.7 Å². The number of nitrogens with zero attached hydrogens (tertiary/aromatic N) is 1. The summed E-state index contributed by atoms with van der Waals surface area (Å²) in [5.74, 6) is -0.861. The average molecular weight is 500 g/mol. The maximum atomic E-state index is 13.5. The number of likely N-dealkylation sites (tertiary alicyclic amines) is 1. The number of benzene rings is 2. The summed E-state index contributed by atoms with van der Waals surface area (Å²) in [6.45, 7) is 9.80. The first-order valence-corrected chi connectivity index (χ1v) is 12.2. The standard InChI is InChI=1S/C27H34ClN3O4/c1-17(2)23(30-24(33)19-6-12-22(13-7-19)29-18(3)32)25(34)31-15-14-27(35,26(4,5)16-31)20-8-10-21(28)11-9-20/h6-13,17,23,35H,14-16H2,1-5H3,(H,29,32)(H,30,33)/t23-,27+/m1/s1. The van der Waals surface area contributed by atoms with Crippen molar-refractivity contribution in [2.45, 2.75) is 52.7 Å². The fourth-order valence-corrected chi connectivity index (χ4v) is 4.74. The fourth-order valence-electron chi connectivity index (χ4n) is 4.61. The molecule has 0 aliphatic carbocycles. The maximum absolute atomic E-state index is 13.5. The van der Waals surface area contributed by atoms with E-state index in [1.165, 1.54) is 6.92 Å². The van der Waals surface area contributed by atoms with Crippen molar-refractivity contribution in [3.05, 3.63) is 64.7 Å². The van der Waals surface area contributed by atoms with Gasteiger partial charge in [-0.3, -0.25) is 14.4 Å². The third kappa shape index (κ3) is 5.85. The van der Waals surface area contributed by atoms with E-state index >= 15 is 0 Å². The van der Waals surface area contributed by atoms with Crippen LogP contribution in [0.25, 0.3) is 0 Å². The van der Waals surface area contributed by atoms with Crippen LogP contribution in [0.2, 0.25) is 5.02 Å². The van der Waals surface area contributed by atoms with Crippen LogP contribution in [-0.4, -0.2) is 46.9 Å². The van der Waals surface area contributed by atoms with Gasteiger partial charge in [-0.1, -0.05) is 51.4 Å². The molecule has 2 aromatic carbocycles. The summed E-state index contributed by atoms with van der Waals surface area (Å²) < 4.78 is 0. The molecule has 8 heteroatoms. The number of piperidine rings is 1. The van der Waals surface area contributed by atoms with Gasteiger partial charge in [-0.15, -0.1) is 0 Å². The van der Waals surface area contributed by atoms with Crippen molar-refractivity contribution in [1.82, 2.24) is 10.2 Å². The normalized spacial score (nSPS) is 20.3. The zero-order valence-electron chi connectivity index (χ0n) is 20.9. The Morgan fingerprint density at radius 2 is 1.63 bits per heavy atom. The summed E-state index contributed by atoms with van der Waals surface area (Å²) in [5.41, 5.74) is 0.0266. The van der Waals surface area contributed by atoms with Crippen molar-refractivity contribution < 1.29 is 19.5 Å². The number of carbonyl (C=O) groups is 3. The van der Waals surface area contributed by atoms with E-state index in [0.717, 1.165) is 5.56 Å². The first-order valence-electron chi connectivity index (χ1n) is 11.8. The van der Waals surface area contributed by atoms with E-state index in [1.54, 1.807) is 41.3 Å². The van der Waals surface area contributed by atoms with Crippen LogP contribution in [0.3, 0.4) is 0 Å². The van der Waals surface area contributed by atoms with Crippen molar-refractivity contribution in [2.75, 3.05) is 18.4 Å². The van der Waals surface area contributed by atoms with E-state index < -0.39 is 17.1 Å². The molecule has 3 N–H and O–H groups in total. The van der Waals surface area contributed by atoms with Gasteiger partial charge in [-0.25, -0.2) is 0 Å². The first kappa shape index (κ1) is 26.7. The first-order chi connectivity index (χ1) is 16.3. The van der Waals surface area contributed by atoms with E-state index in [9.17, 15) is 19.5 Å². The zero-order chi connectivity index (χ0) is 26.0. The molecule has 188 valence electrons. The summed E-state index contributed by atoms with van der Waals surface area (Å²) in [7, 11) is 0. The minimum atomic E-state index is -1.11. The summed E-state index contributed by atoms with van der Waals surface area (Å²) in [4.78, 5) is 39.4. The van der Waals surface area contributed by atoms with E-state index in [-0.39, 0.29) is 23.6 Å². The summed E-state index contributed by atoms with van der Waals surface area (Å²) in [5, 5.41) is 17.7. The van der Waals surface area contributed by atoms with Crippen LogP contribution in [0.15, 0.2) is 48.5 Å². The highest BCUT2D eigenvalue weighted by atomic mass is 35.5. The van der Waals surface area contributed by atoms with E-state index in [1.807, 2.05) is 39.8 Å². The number of amides is 3. The molecule has 0 aromatic heterocycles. The Morgan fingerprint density at radius 3 is 2.14 bits per heavy atom. The van der Waals surface area contributed by atoms with Gasteiger partial charge < -0.3 is 20.6 Å². The lowest BCUT2D eigenvalue weighted by Gasteiger charge is -2.51. The minimum absolute atomic E-state index is 0.134. The Kier molecular flexibility index (Phi) is 7.92. The van der Waals surface area contributed by atoms with Crippen molar-refractivity contribution in [1.29, 1.82) is 0 Å². The summed E-state index contributed by atoms with van der Waals surface area (Å²) >= 11 is 6.02. The fraction of sp³-hybridized carbons (Fsp3) is 0.444. The lowest BCUT2D eigenvalue weighted by molar-refractivity contribution is -0.155. The van der Waals surface area contributed by atoms with Crippen LogP contribution in [0, 0.1) is 11.3 Å². The second kappa shape index (κ2) is 10.4. The smallest absolute Gasteiger partial charge is 0.251 e. The molecule has 0 radical (unpaired) electrons. The Bertz CT molecular complexity index is 1080. The monoisotopic (exact) mass is 499 g/mol. The minimum Gasteiger partial charge on any atom is -0.384 e. The molecule has 3 rings (SSSR count). The molecular weight excluding hydrogens is 466 g/mol. The number of nitrogens with one attached hydrogen (secondary N) is 2. The molecule has 2 atom stereocenters. The SMILES string of the molecule is CC(=O)Nc1ccc(C(=O)N[C@@H](C(=O)N2CC[C@](O)(c3ccc(Cl)cc3)C(C)(C)C2)C(C)C)cc1. The highest BCUT2D eigenvalue weighted by molar-refractivity contribution is 6.30. The van der Waals surface area contributed by atoms with Gasteiger partial charge in [0.25, 0.3) is 5.91 Å². The van der Waals surface area contributed by atoms with Gasteiger partial charge in [0.1, 0.15) is 6.04 Å². The van der Waals surface area contributed by atoms with Crippen molar-refractivity contribution in [3.8, 4) is 0 Å². The third-order valence-corrected chi connectivity index (χ3v) is 7.02. The molecule has 2 aromatic rings. The van der Waals surface area contributed by atoms with E-state index in [0.29, 0.717) is 35.8 Å². The Labute approximate surface area is 211 Å². The number of hydrogen-bond acceptors (Lipinski definition) is 4. The number of aliphatic hydroxyl groups is 1. The molecule has 1 saturated heterocycles. The second-order valence-corrected chi connectivity index (χ2v) is 10.7.